The number of nitrogens with zero attached hydrogens (tertiary/aromatic N) is 2. The number of rotatable bonds is 7. The second kappa shape index (κ2) is 7.73. The monoisotopic (exact) mass is 341 g/mol. The molecule has 0 fully saturated rings. The Balaban J connectivity index is 1.69. The van der Waals surface area contributed by atoms with Crippen molar-refractivity contribution in [3.63, 3.8) is 0 Å². The molecule has 0 radical (unpaired) electrons. The Kier molecular flexibility index (Phi) is 5.43. The highest BCUT2D eigenvalue weighted by Gasteiger charge is 2.14. The van der Waals surface area contributed by atoms with Gasteiger partial charge in [0.25, 0.3) is 0 Å². The summed E-state index contributed by atoms with van der Waals surface area (Å²) in [6.07, 6.45) is 0.828. The van der Waals surface area contributed by atoms with Crippen LogP contribution in [0, 0.1) is 0 Å². The molecule has 0 bridgehead atoms. The zero-order chi connectivity index (χ0) is 16.9. The molecule has 3 rings (SSSR count). The molecule has 0 saturated heterocycles. The lowest BCUT2D eigenvalue weighted by Gasteiger charge is -2.15. The third-order valence-corrected chi connectivity index (χ3v) is 5.12. The van der Waals surface area contributed by atoms with Gasteiger partial charge in [-0.2, -0.15) is 0 Å². The van der Waals surface area contributed by atoms with Gasteiger partial charge in [-0.15, -0.1) is 11.8 Å². The second-order valence-electron chi connectivity index (χ2n) is 5.83. The molecule has 0 spiro atoms. The van der Waals surface area contributed by atoms with Crippen molar-refractivity contribution in [3.8, 4) is 0 Å². The average molecular weight is 341 g/mol. The van der Waals surface area contributed by atoms with Crippen molar-refractivity contribution in [2.75, 3.05) is 17.7 Å². The molecule has 0 aliphatic heterocycles. The van der Waals surface area contributed by atoms with Gasteiger partial charge in [0, 0.05) is 30.0 Å². The number of para-hydroxylation sites is 2. The van der Waals surface area contributed by atoms with Crippen LogP contribution >= 0.6 is 11.8 Å². The molecule has 3 aromatic rings. The van der Waals surface area contributed by atoms with E-state index in [9.17, 15) is 0 Å². The molecule has 1 atom stereocenters. The molecule has 0 saturated carbocycles. The number of aryl methyl sites for hydroxylation is 1. The molecule has 0 aliphatic rings. The standard InChI is InChI=1S/C19H23N3OS/c1-14(19-21-17-6-3-4-7-18(17)22(19)2)20-15-8-10-16(11-9-15)24-13-5-12-23/h3-4,6-11,14,20,23H,5,12-13H2,1-2H3. The van der Waals surface area contributed by atoms with Crippen LogP contribution in [0.25, 0.3) is 11.0 Å². The van der Waals surface area contributed by atoms with Crippen molar-refractivity contribution >= 4 is 28.5 Å². The Labute approximate surface area is 146 Å². The molecular weight excluding hydrogens is 318 g/mol. The van der Waals surface area contributed by atoms with Crippen LogP contribution in [0.3, 0.4) is 0 Å². The van der Waals surface area contributed by atoms with Crippen molar-refractivity contribution < 1.29 is 5.11 Å². The molecule has 5 heteroatoms. The molecule has 0 aliphatic carbocycles. The lowest BCUT2D eigenvalue weighted by atomic mass is 10.2. The van der Waals surface area contributed by atoms with Crippen LogP contribution in [0.15, 0.2) is 53.4 Å². The van der Waals surface area contributed by atoms with Crippen LogP contribution in [0.2, 0.25) is 0 Å². The summed E-state index contributed by atoms with van der Waals surface area (Å²) < 4.78 is 2.14. The first kappa shape index (κ1) is 16.9. The normalized spacial score (nSPS) is 12.5. The molecule has 2 N–H and O–H groups in total. The molecule has 1 aromatic heterocycles. The average Bonchev–Trinajstić information content (AvgIpc) is 2.94. The third-order valence-electron chi connectivity index (χ3n) is 4.02. The van der Waals surface area contributed by atoms with Crippen molar-refractivity contribution in [1.29, 1.82) is 0 Å². The first-order valence-electron chi connectivity index (χ1n) is 8.20. The Morgan fingerprint density at radius 1 is 1.17 bits per heavy atom. The Bertz CT molecular complexity index is 798. The summed E-state index contributed by atoms with van der Waals surface area (Å²) in [5.74, 6) is 1.97. The number of benzene rings is 2. The van der Waals surface area contributed by atoms with Gasteiger partial charge in [0.05, 0.1) is 17.1 Å². The minimum Gasteiger partial charge on any atom is -0.396 e. The van der Waals surface area contributed by atoms with E-state index < -0.39 is 0 Å². The molecule has 1 unspecified atom stereocenters. The van der Waals surface area contributed by atoms with Gasteiger partial charge in [-0.25, -0.2) is 4.98 Å². The fourth-order valence-corrected chi connectivity index (χ4v) is 3.61. The summed E-state index contributed by atoms with van der Waals surface area (Å²) in [5.41, 5.74) is 3.26. The molecule has 24 heavy (non-hydrogen) atoms. The Hall–Kier alpha value is -1.98. The number of hydrogen-bond acceptors (Lipinski definition) is 4. The molecule has 126 valence electrons. The van der Waals surface area contributed by atoms with Gasteiger partial charge >= 0.3 is 0 Å². The van der Waals surface area contributed by atoms with E-state index in [1.165, 1.54) is 4.90 Å². The van der Waals surface area contributed by atoms with E-state index in [2.05, 4.69) is 54.2 Å². The highest BCUT2D eigenvalue weighted by atomic mass is 32.2. The number of thioether (sulfide) groups is 1. The van der Waals surface area contributed by atoms with E-state index in [1.807, 2.05) is 18.2 Å². The molecule has 0 amide bonds. The summed E-state index contributed by atoms with van der Waals surface area (Å²) in [6, 6.07) is 16.7. The molecule has 4 nitrogen and oxygen atoms in total. The quantitative estimate of drug-likeness (QED) is 0.499. The lowest BCUT2D eigenvalue weighted by molar-refractivity contribution is 0.296. The topological polar surface area (TPSA) is 50.1 Å². The second-order valence-corrected chi connectivity index (χ2v) is 7.00. The van der Waals surface area contributed by atoms with Gasteiger partial charge in [-0.1, -0.05) is 12.1 Å². The predicted molar refractivity (Wildman–Crippen MR) is 102 cm³/mol. The number of nitrogens with one attached hydrogen (secondary N) is 1. The van der Waals surface area contributed by atoms with E-state index >= 15 is 0 Å². The van der Waals surface area contributed by atoms with Gasteiger partial charge in [-0.05, 0) is 49.7 Å². The maximum atomic E-state index is 8.84. The number of aliphatic hydroxyl groups is 1. The van der Waals surface area contributed by atoms with Gasteiger partial charge < -0.3 is 15.0 Å². The highest BCUT2D eigenvalue weighted by Crippen LogP contribution is 2.25. The van der Waals surface area contributed by atoms with Crippen molar-refractivity contribution in [3.05, 3.63) is 54.4 Å². The van der Waals surface area contributed by atoms with Crippen LogP contribution < -0.4 is 5.32 Å². The highest BCUT2D eigenvalue weighted by molar-refractivity contribution is 7.99. The summed E-state index contributed by atoms with van der Waals surface area (Å²) in [5, 5.41) is 12.4. The van der Waals surface area contributed by atoms with Crippen molar-refractivity contribution in [2.24, 2.45) is 7.05 Å². The minimum absolute atomic E-state index is 0.121. The Morgan fingerprint density at radius 2 is 1.92 bits per heavy atom. The van der Waals surface area contributed by atoms with E-state index in [-0.39, 0.29) is 12.6 Å². The zero-order valence-electron chi connectivity index (χ0n) is 14.1. The predicted octanol–water partition coefficient (Wildman–Crippen LogP) is 4.22. The molecule has 1 heterocycles. The van der Waals surface area contributed by atoms with Gasteiger partial charge in [0.1, 0.15) is 5.82 Å². The van der Waals surface area contributed by atoms with Gasteiger partial charge in [0.15, 0.2) is 0 Å². The van der Waals surface area contributed by atoms with Crippen LogP contribution in [0.1, 0.15) is 25.2 Å². The smallest absolute Gasteiger partial charge is 0.131 e. The van der Waals surface area contributed by atoms with E-state index in [0.29, 0.717) is 0 Å². The number of anilines is 1. The van der Waals surface area contributed by atoms with Gasteiger partial charge in [0.2, 0.25) is 0 Å². The zero-order valence-corrected chi connectivity index (χ0v) is 14.9. The van der Waals surface area contributed by atoms with Crippen LogP contribution in [0.4, 0.5) is 5.69 Å². The van der Waals surface area contributed by atoms with Crippen LogP contribution in [0.5, 0.6) is 0 Å². The first-order chi connectivity index (χ1) is 11.7. The maximum Gasteiger partial charge on any atom is 0.131 e. The van der Waals surface area contributed by atoms with Crippen molar-refractivity contribution in [2.45, 2.75) is 24.3 Å². The Morgan fingerprint density at radius 3 is 2.62 bits per heavy atom. The number of aromatic nitrogens is 2. The number of fused-ring (bicyclic) bond motifs is 1. The van der Waals surface area contributed by atoms with Gasteiger partial charge in [-0.3, -0.25) is 0 Å². The van der Waals surface area contributed by atoms with Crippen molar-refractivity contribution in [1.82, 2.24) is 9.55 Å². The number of aliphatic hydroxyl groups excluding tert-OH is 1. The number of imidazole rings is 1. The molecule has 2 aromatic carbocycles. The van der Waals surface area contributed by atoms with E-state index in [0.717, 1.165) is 34.7 Å². The maximum absolute atomic E-state index is 8.84. The summed E-state index contributed by atoms with van der Waals surface area (Å²) >= 11 is 1.77. The fourth-order valence-electron chi connectivity index (χ4n) is 2.77. The fraction of sp³-hybridized carbons (Fsp3) is 0.316. The number of hydrogen-bond donors (Lipinski definition) is 2. The van der Waals surface area contributed by atoms with Crippen LogP contribution in [-0.2, 0) is 7.05 Å². The van der Waals surface area contributed by atoms with E-state index in [1.54, 1.807) is 11.8 Å². The summed E-state index contributed by atoms with van der Waals surface area (Å²) in [7, 11) is 2.06. The third kappa shape index (κ3) is 3.74. The lowest BCUT2D eigenvalue weighted by Crippen LogP contribution is -2.11. The largest absolute Gasteiger partial charge is 0.396 e. The molecular formula is C19H23N3OS. The van der Waals surface area contributed by atoms with E-state index in [4.69, 9.17) is 10.1 Å². The summed E-state index contributed by atoms with van der Waals surface area (Å²) in [6.45, 7) is 2.38. The summed E-state index contributed by atoms with van der Waals surface area (Å²) in [4.78, 5) is 5.97. The first-order valence-corrected chi connectivity index (χ1v) is 9.19. The van der Waals surface area contributed by atoms with Crippen LogP contribution in [-0.4, -0.2) is 27.0 Å². The minimum atomic E-state index is 0.121. The SMILES string of the molecule is CC(Nc1ccc(SCCCO)cc1)c1nc2ccccc2n1C.